The summed E-state index contributed by atoms with van der Waals surface area (Å²) in [7, 11) is 0. The van der Waals surface area contributed by atoms with Crippen molar-refractivity contribution in [2.24, 2.45) is 5.90 Å². The van der Waals surface area contributed by atoms with Gasteiger partial charge in [-0.15, -0.1) is 0 Å². The van der Waals surface area contributed by atoms with Crippen LogP contribution < -0.4 is 10.7 Å². The molecule has 0 aromatic heterocycles. The standard InChI is InChI=1S/C9H11NO.C2H6/c1-3-8-6-4-5-7(2)9(8)11-10;1-2/h3-6H,1,10H2,2H3;1-2H3. The van der Waals surface area contributed by atoms with E-state index in [2.05, 4.69) is 6.58 Å². The Morgan fingerprint density at radius 3 is 2.38 bits per heavy atom. The molecule has 2 N–H and O–H groups in total. The summed E-state index contributed by atoms with van der Waals surface area (Å²) in [5.41, 5.74) is 1.94. The molecule has 13 heavy (non-hydrogen) atoms. The Labute approximate surface area is 80.0 Å². The highest BCUT2D eigenvalue weighted by Gasteiger charge is 2.01. The number of hydrogen-bond acceptors (Lipinski definition) is 2. The zero-order chi connectivity index (χ0) is 10.3. The van der Waals surface area contributed by atoms with Gasteiger partial charge in [0.05, 0.1) is 0 Å². The van der Waals surface area contributed by atoms with Gasteiger partial charge >= 0.3 is 0 Å². The second kappa shape index (κ2) is 6.26. The summed E-state index contributed by atoms with van der Waals surface area (Å²) in [6.07, 6.45) is 1.72. The molecule has 0 atom stereocenters. The van der Waals surface area contributed by atoms with Crippen molar-refractivity contribution in [3.8, 4) is 5.75 Å². The Kier molecular flexibility index (Phi) is 5.64. The van der Waals surface area contributed by atoms with Gasteiger partial charge in [0.25, 0.3) is 0 Å². The monoisotopic (exact) mass is 179 g/mol. The largest absolute Gasteiger partial charge is 0.411 e. The highest BCUT2D eigenvalue weighted by Crippen LogP contribution is 2.22. The van der Waals surface area contributed by atoms with Crippen molar-refractivity contribution in [3.63, 3.8) is 0 Å². The van der Waals surface area contributed by atoms with E-state index in [0.717, 1.165) is 11.1 Å². The van der Waals surface area contributed by atoms with Gasteiger partial charge in [0.2, 0.25) is 0 Å². The first-order valence-corrected chi connectivity index (χ1v) is 4.38. The molecule has 0 aliphatic rings. The minimum atomic E-state index is 0.697. The topological polar surface area (TPSA) is 35.2 Å². The van der Waals surface area contributed by atoms with Gasteiger partial charge in [0.15, 0.2) is 5.75 Å². The number of rotatable bonds is 2. The van der Waals surface area contributed by atoms with Crippen LogP contribution >= 0.6 is 0 Å². The summed E-state index contributed by atoms with van der Waals surface area (Å²) in [6.45, 7) is 9.58. The molecule has 0 radical (unpaired) electrons. The Morgan fingerprint density at radius 2 is 2.00 bits per heavy atom. The van der Waals surface area contributed by atoms with Crippen molar-refractivity contribution in [2.75, 3.05) is 0 Å². The molecule has 0 aliphatic carbocycles. The van der Waals surface area contributed by atoms with Crippen LogP contribution in [0, 0.1) is 6.92 Å². The van der Waals surface area contributed by atoms with E-state index in [0.29, 0.717) is 5.75 Å². The predicted octanol–water partition coefficient (Wildman–Crippen LogP) is 2.92. The molecule has 0 unspecified atom stereocenters. The molecule has 2 heteroatoms. The van der Waals surface area contributed by atoms with E-state index in [4.69, 9.17) is 10.7 Å². The fourth-order valence-corrected chi connectivity index (χ4v) is 0.997. The van der Waals surface area contributed by atoms with E-state index in [9.17, 15) is 0 Å². The van der Waals surface area contributed by atoms with E-state index in [1.54, 1.807) is 6.08 Å². The highest BCUT2D eigenvalue weighted by molar-refractivity contribution is 5.58. The maximum atomic E-state index is 5.08. The van der Waals surface area contributed by atoms with Crippen molar-refractivity contribution in [1.82, 2.24) is 0 Å². The third kappa shape index (κ3) is 2.92. The van der Waals surface area contributed by atoms with Crippen LogP contribution in [0.4, 0.5) is 0 Å². The molecular formula is C11H17NO. The molecule has 0 fully saturated rings. The zero-order valence-corrected chi connectivity index (χ0v) is 8.50. The SMILES string of the molecule is C=Cc1cccc(C)c1ON.CC. The molecule has 0 spiro atoms. The van der Waals surface area contributed by atoms with Gasteiger partial charge in [-0.1, -0.05) is 44.7 Å². The second-order valence-corrected chi connectivity index (χ2v) is 2.32. The maximum Gasteiger partial charge on any atom is 0.156 e. The number of para-hydroxylation sites is 1. The molecular weight excluding hydrogens is 162 g/mol. The van der Waals surface area contributed by atoms with E-state index in [1.165, 1.54) is 0 Å². The highest BCUT2D eigenvalue weighted by atomic mass is 16.6. The average Bonchev–Trinajstić information content (AvgIpc) is 2.20. The lowest BCUT2D eigenvalue weighted by Crippen LogP contribution is -2.04. The lowest BCUT2D eigenvalue weighted by atomic mass is 10.1. The van der Waals surface area contributed by atoms with Crippen molar-refractivity contribution in [2.45, 2.75) is 20.8 Å². The van der Waals surface area contributed by atoms with Crippen molar-refractivity contribution in [1.29, 1.82) is 0 Å². The van der Waals surface area contributed by atoms with Crippen LogP contribution in [-0.2, 0) is 0 Å². The van der Waals surface area contributed by atoms with Crippen molar-refractivity contribution < 1.29 is 4.84 Å². The van der Waals surface area contributed by atoms with Crippen LogP contribution in [0.2, 0.25) is 0 Å². The van der Waals surface area contributed by atoms with Crippen LogP contribution in [0.15, 0.2) is 24.8 Å². The summed E-state index contributed by atoms with van der Waals surface area (Å²) in [5.74, 6) is 5.78. The van der Waals surface area contributed by atoms with Crippen molar-refractivity contribution >= 4 is 6.08 Å². The maximum absolute atomic E-state index is 5.08. The third-order valence-electron chi connectivity index (χ3n) is 1.58. The molecule has 0 saturated heterocycles. The van der Waals surface area contributed by atoms with Crippen LogP contribution in [0.3, 0.4) is 0 Å². The molecule has 2 nitrogen and oxygen atoms in total. The number of hydrogen-bond donors (Lipinski definition) is 1. The first-order valence-electron chi connectivity index (χ1n) is 4.38. The zero-order valence-electron chi connectivity index (χ0n) is 8.50. The first-order chi connectivity index (χ1) is 6.29. The van der Waals surface area contributed by atoms with Crippen molar-refractivity contribution in [3.05, 3.63) is 35.9 Å². The molecule has 0 saturated carbocycles. The van der Waals surface area contributed by atoms with Crippen LogP contribution in [0.1, 0.15) is 25.0 Å². The van der Waals surface area contributed by atoms with Gasteiger partial charge in [-0.2, -0.15) is 5.90 Å². The van der Waals surface area contributed by atoms with E-state index in [1.807, 2.05) is 39.0 Å². The molecule has 1 aromatic rings. The minimum Gasteiger partial charge on any atom is -0.411 e. The van der Waals surface area contributed by atoms with Gasteiger partial charge in [-0.3, -0.25) is 0 Å². The summed E-state index contributed by atoms with van der Waals surface area (Å²) in [5, 5.41) is 0. The summed E-state index contributed by atoms with van der Waals surface area (Å²) >= 11 is 0. The Hall–Kier alpha value is -1.28. The molecule has 0 heterocycles. The van der Waals surface area contributed by atoms with Crippen LogP contribution in [0.25, 0.3) is 6.08 Å². The van der Waals surface area contributed by atoms with Crippen LogP contribution in [0.5, 0.6) is 5.75 Å². The molecule has 0 amide bonds. The lowest BCUT2D eigenvalue weighted by molar-refractivity contribution is 0.331. The first kappa shape index (κ1) is 11.7. The lowest BCUT2D eigenvalue weighted by Gasteiger charge is -2.05. The van der Waals surface area contributed by atoms with E-state index in [-0.39, 0.29) is 0 Å². The fourth-order valence-electron chi connectivity index (χ4n) is 0.997. The van der Waals surface area contributed by atoms with E-state index < -0.39 is 0 Å². The van der Waals surface area contributed by atoms with Gasteiger partial charge in [0, 0.05) is 5.56 Å². The Bertz CT molecular complexity index is 269. The summed E-state index contributed by atoms with van der Waals surface area (Å²) in [6, 6.07) is 5.78. The average molecular weight is 179 g/mol. The number of benzene rings is 1. The molecule has 72 valence electrons. The smallest absolute Gasteiger partial charge is 0.156 e. The summed E-state index contributed by atoms with van der Waals surface area (Å²) in [4.78, 5) is 4.70. The molecule has 0 aliphatic heterocycles. The fraction of sp³-hybridized carbons (Fsp3) is 0.273. The Morgan fingerprint density at radius 1 is 1.38 bits per heavy atom. The summed E-state index contributed by atoms with van der Waals surface area (Å²) < 4.78 is 0. The second-order valence-electron chi connectivity index (χ2n) is 2.32. The van der Waals surface area contributed by atoms with E-state index >= 15 is 0 Å². The third-order valence-corrected chi connectivity index (χ3v) is 1.58. The van der Waals surface area contributed by atoms with Gasteiger partial charge in [-0.05, 0) is 12.5 Å². The van der Waals surface area contributed by atoms with Crippen LogP contribution in [-0.4, -0.2) is 0 Å². The molecule has 1 aromatic carbocycles. The minimum absolute atomic E-state index is 0.697. The molecule has 0 bridgehead atoms. The van der Waals surface area contributed by atoms with Gasteiger partial charge in [-0.25, -0.2) is 0 Å². The normalized spacial score (nSPS) is 8.31. The molecule has 1 rings (SSSR count). The predicted molar refractivity (Wildman–Crippen MR) is 57.4 cm³/mol. The quantitative estimate of drug-likeness (QED) is 0.708. The Balaban J connectivity index is 0.000000671. The number of nitrogens with two attached hydrogens (primary N) is 1. The van der Waals surface area contributed by atoms with Gasteiger partial charge < -0.3 is 4.84 Å². The number of aryl methyl sites for hydroxylation is 1. The van der Waals surface area contributed by atoms with Gasteiger partial charge in [0.1, 0.15) is 0 Å².